The van der Waals surface area contributed by atoms with Gasteiger partial charge in [-0.1, -0.05) is 17.4 Å². The van der Waals surface area contributed by atoms with E-state index in [0.29, 0.717) is 21.0 Å². The first-order valence-electron chi connectivity index (χ1n) is 10.9. The van der Waals surface area contributed by atoms with Crippen molar-refractivity contribution in [3.8, 4) is 0 Å². The summed E-state index contributed by atoms with van der Waals surface area (Å²) < 4.78 is 20.4. The predicted molar refractivity (Wildman–Crippen MR) is 120 cm³/mol. The molecule has 1 N–H and O–H groups in total. The number of rotatable bonds is 5. The van der Waals surface area contributed by atoms with Gasteiger partial charge in [0.05, 0.1) is 11.5 Å². The Balaban J connectivity index is 1.28. The average molecular weight is 458 g/mol. The third kappa shape index (κ3) is 3.22. The second kappa shape index (κ2) is 7.32. The minimum Gasteiger partial charge on any atom is -0.380 e. The number of hydrogen-bond acceptors (Lipinski definition) is 6. The number of carbonyl (C=O) groups excluding carboxylic acids is 1. The number of halogens is 1. The van der Waals surface area contributed by atoms with E-state index in [4.69, 9.17) is 4.74 Å². The lowest BCUT2D eigenvalue weighted by Gasteiger charge is -2.55. The summed E-state index contributed by atoms with van der Waals surface area (Å²) in [7, 11) is 1.55. The highest BCUT2D eigenvalue weighted by Crippen LogP contribution is 2.61. The molecule has 8 heteroatoms. The maximum Gasteiger partial charge on any atom is 0.267 e. The Morgan fingerprint density at radius 2 is 1.87 bits per heavy atom. The molecule has 3 aromatic rings. The number of ether oxygens (including phenoxy) is 1. The lowest BCUT2D eigenvalue weighted by Crippen LogP contribution is -2.48. The Hall–Kier alpha value is -1.90. The first-order valence-corrected chi connectivity index (χ1v) is 12.5. The molecule has 162 valence electrons. The number of benzene rings is 1. The second-order valence-corrected chi connectivity index (χ2v) is 11.5. The minimum atomic E-state index is -0.333. The molecule has 4 aliphatic rings. The predicted octanol–water partition coefficient (Wildman–Crippen LogP) is 5.76. The molecule has 4 aliphatic carbocycles. The summed E-state index contributed by atoms with van der Waals surface area (Å²) in [5, 5.41) is 13.9. The van der Waals surface area contributed by atoms with Crippen molar-refractivity contribution in [2.24, 2.45) is 17.8 Å². The normalized spacial score (nSPS) is 29.0. The van der Waals surface area contributed by atoms with Gasteiger partial charge in [-0.25, -0.2) is 4.39 Å². The number of methoxy groups -OCH3 is 1. The quantitative estimate of drug-likeness (QED) is 0.529. The van der Waals surface area contributed by atoms with Gasteiger partial charge in [0.1, 0.15) is 10.8 Å². The summed E-state index contributed by atoms with van der Waals surface area (Å²) >= 11 is 2.80. The van der Waals surface area contributed by atoms with Crippen LogP contribution in [0.5, 0.6) is 0 Å². The van der Waals surface area contributed by atoms with Crippen LogP contribution in [0, 0.1) is 23.6 Å². The molecule has 2 heterocycles. The fraction of sp³-hybridized carbons (Fsp3) is 0.522. The van der Waals surface area contributed by atoms with Gasteiger partial charge in [0, 0.05) is 28.2 Å². The number of carbonyl (C=O) groups is 1. The topological polar surface area (TPSA) is 64.1 Å². The Bertz CT molecular complexity index is 1140. The molecule has 0 aliphatic heterocycles. The smallest absolute Gasteiger partial charge is 0.267 e. The van der Waals surface area contributed by atoms with Gasteiger partial charge in [-0.05, 0) is 68.4 Å². The maximum atomic E-state index is 14.4. The molecular formula is C23H24FN3O2S2. The van der Waals surface area contributed by atoms with Crippen molar-refractivity contribution in [2.75, 3.05) is 12.4 Å². The van der Waals surface area contributed by atoms with Crippen molar-refractivity contribution < 1.29 is 13.9 Å². The number of anilines is 1. The fourth-order valence-corrected chi connectivity index (χ4v) is 8.72. The number of aromatic nitrogens is 2. The van der Waals surface area contributed by atoms with Gasteiger partial charge < -0.3 is 4.74 Å². The van der Waals surface area contributed by atoms with Crippen molar-refractivity contribution in [1.29, 1.82) is 0 Å². The van der Waals surface area contributed by atoms with Crippen LogP contribution < -0.4 is 5.32 Å². The van der Waals surface area contributed by atoms with Gasteiger partial charge in [0.2, 0.25) is 5.13 Å². The Labute approximate surface area is 188 Å². The SMILES string of the molecule is COCc1c(C(=O)Nc2nnc(C34CC5CC(CC(C5)C3)C4)s2)sc2cccc(F)c12. The highest BCUT2D eigenvalue weighted by atomic mass is 32.1. The van der Waals surface area contributed by atoms with Crippen LogP contribution in [0.3, 0.4) is 0 Å². The van der Waals surface area contributed by atoms with Gasteiger partial charge in [-0.2, -0.15) is 0 Å². The van der Waals surface area contributed by atoms with Gasteiger partial charge in [0.25, 0.3) is 5.91 Å². The van der Waals surface area contributed by atoms with E-state index in [1.54, 1.807) is 13.2 Å². The van der Waals surface area contributed by atoms with Gasteiger partial charge in [0.15, 0.2) is 0 Å². The van der Waals surface area contributed by atoms with Gasteiger partial charge >= 0.3 is 0 Å². The van der Waals surface area contributed by atoms with Crippen LogP contribution >= 0.6 is 22.7 Å². The Morgan fingerprint density at radius 3 is 2.55 bits per heavy atom. The number of hydrogen-bond donors (Lipinski definition) is 1. The summed E-state index contributed by atoms with van der Waals surface area (Å²) in [6.45, 7) is 0.179. The highest BCUT2D eigenvalue weighted by molar-refractivity contribution is 7.21. The molecule has 2 aromatic heterocycles. The van der Waals surface area contributed by atoms with E-state index in [1.165, 1.54) is 67.3 Å². The molecule has 0 radical (unpaired) electrons. The number of nitrogens with one attached hydrogen (secondary N) is 1. The summed E-state index contributed by atoms with van der Waals surface area (Å²) in [5.41, 5.74) is 0.751. The molecule has 1 amide bonds. The number of thiophene rings is 1. The first kappa shape index (κ1) is 19.8. The van der Waals surface area contributed by atoms with Crippen molar-refractivity contribution in [3.05, 3.63) is 39.5 Å². The molecule has 0 unspecified atom stereocenters. The lowest BCUT2D eigenvalue weighted by atomic mass is 9.50. The maximum absolute atomic E-state index is 14.4. The molecule has 1 aromatic carbocycles. The molecule has 5 nitrogen and oxygen atoms in total. The van der Waals surface area contributed by atoms with Crippen LogP contribution in [-0.4, -0.2) is 23.2 Å². The van der Waals surface area contributed by atoms with Crippen molar-refractivity contribution in [3.63, 3.8) is 0 Å². The van der Waals surface area contributed by atoms with Crippen LogP contribution in [0.2, 0.25) is 0 Å². The van der Waals surface area contributed by atoms with E-state index >= 15 is 0 Å². The number of fused-ring (bicyclic) bond motifs is 1. The Kier molecular flexibility index (Phi) is 4.67. The molecule has 4 fully saturated rings. The van der Waals surface area contributed by atoms with Crippen LogP contribution in [0.25, 0.3) is 10.1 Å². The van der Waals surface area contributed by atoms with Crippen LogP contribution in [0.1, 0.15) is 58.8 Å². The third-order valence-electron chi connectivity index (χ3n) is 7.40. The monoisotopic (exact) mass is 457 g/mol. The summed E-state index contributed by atoms with van der Waals surface area (Å²) in [5.74, 6) is 1.88. The van der Waals surface area contributed by atoms with Crippen molar-refractivity contribution >= 4 is 43.8 Å². The first-order chi connectivity index (χ1) is 15.0. The van der Waals surface area contributed by atoms with E-state index < -0.39 is 0 Å². The standard InChI is InChI=1S/C23H24FN3O2S2/c1-29-11-15-18-16(24)3-2-4-17(18)30-19(15)20(28)25-22-27-26-21(31-22)23-8-12-5-13(9-23)7-14(6-12)10-23/h2-4,12-14H,5-11H2,1H3,(H,25,27,28). The van der Waals surface area contributed by atoms with Crippen LogP contribution in [-0.2, 0) is 16.8 Å². The zero-order chi connectivity index (χ0) is 21.2. The highest BCUT2D eigenvalue weighted by Gasteiger charge is 2.53. The van der Waals surface area contributed by atoms with Crippen molar-refractivity contribution in [2.45, 2.75) is 50.5 Å². The molecule has 0 saturated heterocycles. The van der Waals surface area contributed by atoms with Gasteiger partial charge in [-0.3, -0.25) is 10.1 Å². The minimum absolute atomic E-state index is 0.164. The molecular weight excluding hydrogens is 433 g/mol. The molecule has 7 rings (SSSR count). The zero-order valence-corrected chi connectivity index (χ0v) is 19.0. The second-order valence-electron chi connectivity index (χ2n) is 9.52. The third-order valence-corrected chi connectivity index (χ3v) is 9.68. The van der Waals surface area contributed by atoms with E-state index in [9.17, 15) is 9.18 Å². The van der Waals surface area contributed by atoms with Crippen LogP contribution in [0.4, 0.5) is 9.52 Å². The van der Waals surface area contributed by atoms with E-state index in [0.717, 1.165) is 27.5 Å². The fourth-order valence-electron chi connectivity index (χ4n) is 6.65. The number of nitrogens with zero attached hydrogens (tertiary/aromatic N) is 2. The van der Waals surface area contributed by atoms with E-state index in [2.05, 4.69) is 15.5 Å². The molecule has 0 atom stereocenters. The van der Waals surface area contributed by atoms with E-state index in [-0.39, 0.29) is 23.7 Å². The zero-order valence-electron chi connectivity index (χ0n) is 17.3. The van der Waals surface area contributed by atoms with Gasteiger partial charge in [-0.15, -0.1) is 21.5 Å². The lowest BCUT2D eigenvalue weighted by molar-refractivity contribution is -0.00555. The average Bonchev–Trinajstić information content (AvgIpc) is 3.33. The molecule has 0 spiro atoms. The Morgan fingerprint density at radius 1 is 1.16 bits per heavy atom. The summed E-state index contributed by atoms with van der Waals surface area (Å²) in [6.07, 6.45) is 7.80. The van der Waals surface area contributed by atoms with Crippen molar-refractivity contribution in [1.82, 2.24) is 10.2 Å². The molecule has 4 bridgehead atoms. The molecule has 4 saturated carbocycles. The van der Waals surface area contributed by atoms with E-state index in [1.807, 2.05) is 6.07 Å². The molecule has 31 heavy (non-hydrogen) atoms. The summed E-state index contributed by atoms with van der Waals surface area (Å²) in [4.78, 5) is 13.6. The van der Waals surface area contributed by atoms with Crippen LogP contribution in [0.15, 0.2) is 18.2 Å². The largest absolute Gasteiger partial charge is 0.380 e. The number of amides is 1. The summed E-state index contributed by atoms with van der Waals surface area (Å²) in [6, 6.07) is 4.91.